The zero-order valence-electron chi connectivity index (χ0n) is 17.8. The van der Waals surface area contributed by atoms with Crippen molar-refractivity contribution in [3.05, 3.63) is 59.4 Å². The van der Waals surface area contributed by atoms with E-state index in [1.807, 2.05) is 13.0 Å². The van der Waals surface area contributed by atoms with Gasteiger partial charge in [0.15, 0.2) is 0 Å². The Morgan fingerprint density at radius 2 is 1.73 bits per heavy atom. The summed E-state index contributed by atoms with van der Waals surface area (Å²) in [5, 5.41) is 4.13. The van der Waals surface area contributed by atoms with Crippen LogP contribution in [0.4, 0.5) is 10.1 Å². The Morgan fingerprint density at radius 3 is 2.33 bits per heavy atom. The van der Waals surface area contributed by atoms with Gasteiger partial charge in [-0.1, -0.05) is 13.0 Å². The summed E-state index contributed by atoms with van der Waals surface area (Å²) >= 11 is 0. The van der Waals surface area contributed by atoms with E-state index in [9.17, 15) is 9.18 Å². The molecule has 1 amide bonds. The summed E-state index contributed by atoms with van der Waals surface area (Å²) in [7, 11) is 0. The molecule has 1 aliphatic rings. The first-order chi connectivity index (χ1) is 14.5. The van der Waals surface area contributed by atoms with Gasteiger partial charge in [-0.05, 0) is 56.8 Å². The zero-order chi connectivity index (χ0) is 21.5. The lowest BCUT2D eigenvalue weighted by molar-refractivity contribution is 0.0955. The van der Waals surface area contributed by atoms with E-state index in [1.54, 1.807) is 37.3 Å². The molecule has 1 fully saturated rings. The molecule has 2 aromatic carbocycles. The van der Waals surface area contributed by atoms with E-state index in [-0.39, 0.29) is 11.7 Å². The molecule has 0 saturated carbocycles. The standard InChI is InChI=1S/C23H29FN4O2/c1-4-27-12-14-28(15-13-27)22-11-8-19(16-21(22)24)17(3)25-26-23(29)18-6-9-20(10-7-18)30-5-2/h6-11,16H,4-5,12-15H2,1-3H3,(H,26,29)/b25-17-. The van der Waals surface area contributed by atoms with E-state index in [0.29, 0.717) is 34.9 Å². The number of halogens is 1. The average Bonchev–Trinajstić information content (AvgIpc) is 2.78. The van der Waals surface area contributed by atoms with E-state index in [0.717, 1.165) is 32.7 Å². The molecule has 30 heavy (non-hydrogen) atoms. The van der Waals surface area contributed by atoms with Crippen LogP contribution in [0.1, 0.15) is 36.7 Å². The minimum Gasteiger partial charge on any atom is -0.494 e. The molecular formula is C23H29FN4O2. The van der Waals surface area contributed by atoms with Crippen molar-refractivity contribution in [3.8, 4) is 5.75 Å². The maximum atomic E-state index is 14.7. The summed E-state index contributed by atoms with van der Waals surface area (Å²) in [5.41, 5.74) is 4.79. The summed E-state index contributed by atoms with van der Waals surface area (Å²) in [4.78, 5) is 16.7. The molecule has 1 heterocycles. The third-order valence-corrected chi connectivity index (χ3v) is 5.28. The van der Waals surface area contributed by atoms with E-state index >= 15 is 0 Å². The van der Waals surface area contributed by atoms with Gasteiger partial charge in [-0.3, -0.25) is 4.79 Å². The molecule has 7 heteroatoms. The third kappa shape index (κ3) is 5.36. The van der Waals surface area contributed by atoms with Crippen molar-refractivity contribution in [2.45, 2.75) is 20.8 Å². The lowest BCUT2D eigenvalue weighted by Gasteiger charge is -2.35. The fourth-order valence-corrected chi connectivity index (χ4v) is 3.43. The van der Waals surface area contributed by atoms with Crippen LogP contribution in [0.25, 0.3) is 0 Å². The maximum absolute atomic E-state index is 14.7. The van der Waals surface area contributed by atoms with Gasteiger partial charge in [-0.2, -0.15) is 5.10 Å². The highest BCUT2D eigenvalue weighted by atomic mass is 19.1. The molecule has 1 aliphatic heterocycles. The Balaban J connectivity index is 1.63. The first-order valence-electron chi connectivity index (χ1n) is 10.4. The summed E-state index contributed by atoms with van der Waals surface area (Å²) < 4.78 is 20.1. The quantitative estimate of drug-likeness (QED) is 0.559. The van der Waals surface area contributed by atoms with Crippen LogP contribution < -0.4 is 15.1 Å². The highest BCUT2D eigenvalue weighted by Crippen LogP contribution is 2.22. The summed E-state index contributed by atoms with van der Waals surface area (Å²) in [6.07, 6.45) is 0. The number of amides is 1. The minimum absolute atomic E-state index is 0.273. The zero-order valence-corrected chi connectivity index (χ0v) is 17.8. The van der Waals surface area contributed by atoms with Gasteiger partial charge in [0.1, 0.15) is 11.6 Å². The average molecular weight is 413 g/mol. The van der Waals surface area contributed by atoms with Crippen LogP contribution in [0.3, 0.4) is 0 Å². The molecule has 0 spiro atoms. The Hall–Kier alpha value is -2.93. The molecule has 1 saturated heterocycles. The van der Waals surface area contributed by atoms with E-state index in [2.05, 4.69) is 27.3 Å². The van der Waals surface area contributed by atoms with Crippen molar-refractivity contribution in [1.82, 2.24) is 10.3 Å². The monoisotopic (exact) mass is 412 g/mol. The van der Waals surface area contributed by atoms with Crippen LogP contribution in [0.15, 0.2) is 47.6 Å². The Morgan fingerprint density at radius 1 is 1.07 bits per heavy atom. The van der Waals surface area contributed by atoms with Crippen molar-refractivity contribution in [2.75, 3.05) is 44.2 Å². The predicted molar refractivity (Wildman–Crippen MR) is 118 cm³/mol. The van der Waals surface area contributed by atoms with Crippen LogP contribution >= 0.6 is 0 Å². The molecule has 0 aliphatic carbocycles. The van der Waals surface area contributed by atoms with Gasteiger partial charge in [-0.15, -0.1) is 0 Å². The maximum Gasteiger partial charge on any atom is 0.271 e. The van der Waals surface area contributed by atoms with Gasteiger partial charge >= 0.3 is 0 Å². The fraction of sp³-hybridized carbons (Fsp3) is 0.391. The molecule has 0 radical (unpaired) electrons. The topological polar surface area (TPSA) is 57.2 Å². The second-order valence-corrected chi connectivity index (χ2v) is 7.18. The van der Waals surface area contributed by atoms with Crippen LogP contribution in [-0.4, -0.2) is 55.8 Å². The van der Waals surface area contributed by atoms with E-state index < -0.39 is 0 Å². The summed E-state index contributed by atoms with van der Waals surface area (Å²) in [5.74, 6) is 0.105. The predicted octanol–water partition coefficient (Wildman–Crippen LogP) is 3.52. The van der Waals surface area contributed by atoms with Crippen LogP contribution in [0, 0.1) is 5.82 Å². The van der Waals surface area contributed by atoms with Crippen molar-refractivity contribution in [3.63, 3.8) is 0 Å². The number of nitrogens with one attached hydrogen (secondary N) is 1. The number of hydrogen-bond acceptors (Lipinski definition) is 5. The first kappa shape index (κ1) is 21.8. The number of ether oxygens (including phenoxy) is 1. The molecule has 0 bridgehead atoms. The van der Waals surface area contributed by atoms with Gasteiger partial charge in [0.25, 0.3) is 5.91 Å². The van der Waals surface area contributed by atoms with Gasteiger partial charge in [0, 0.05) is 37.3 Å². The largest absolute Gasteiger partial charge is 0.494 e. The second kappa shape index (κ2) is 10.2. The number of rotatable bonds is 7. The van der Waals surface area contributed by atoms with Crippen molar-refractivity contribution in [1.29, 1.82) is 0 Å². The van der Waals surface area contributed by atoms with Gasteiger partial charge in [0.05, 0.1) is 18.0 Å². The van der Waals surface area contributed by atoms with Gasteiger partial charge in [-0.25, -0.2) is 9.82 Å². The van der Waals surface area contributed by atoms with Gasteiger partial charge in [0.2, 0.25) is 0 Å². The lowest BCUT2D eigenvalue weighted by atomic mass is 10.1. The smallest absolute Gasteiger partial charge is 0.271 e. The van der Waals surface area contributed by atoms with Gasteiger partial charge < -0.3 is 14.5 Å². The van der Waals surface area contributed by atoms with E-state index in [1.165, 1.54) is 6.07 Å². The number of carbonyl (C=O) groups is 1. The number of benzene rings is 2. The van der Waals surface area contributed by atoms with Crippen LogP contribution in [0.5, 0.6) is 5.75 Å². The minimum atomic E-state index is -0.330. The number of piperazine rings is 1. The number of nitrogens with zero attached hydrogens (tertiary/aromatic N) is 3. The number of likely N-dealkylation sites (N-methyl/N-ethyl adjacent to an activating group) is 1. The number of hydrazone groups is 1. The third-order valence-electron chi connectivity index (χ3n) is 5.28. The second-order valence-electron chi connectivity index (χ2n) is 7.18. The molecule has 0 atom stereocenters. The highest BCUT2D eigenvalue weighted by molar-refractivity contribution is 6.01. The molecular weight excluding hydrogens is 383 g/mol. The lowest BCUT2D eigenvalue weighted by Crippen LogP contribution is -2.46. The van der Waals surface area contributed by atoms with Crippen molar-refractivity contribution in [2.24, 2.45) is 5.10 Å². The SMILES string of the molecule is CCOc1ccc(C(=O)N/N=C(/C)c2ccc(N3CCN(CC)CC3)c(F)c2)cc1. The molecule has 160 valence electrons. The van der Waals surface area contributed by atoms with Crippen LogP contribution in [0.2, 0.25) is 0 Å². The Kier molecular flexibility index (Phi) is 7.41. The normalized spacial score (nSPS) is 15.2. The Labute approximate surface area is 177 Å². The van der Waals surface area contributed by atoms with Crippen molar-refractivity contribution >= 4 is 17.3 Å². The molecule has 0 unspecified atom stereocenters. The molecule has 2 aromatic rings. The van der Waals surface area contributed by atoms with E-state index in [4.69, 9.17) is 4.74 Å². The molecule has 3 rings (SSSR count). The Bertz CT molecular complexity index is 891. The fourth-order valence-electron chi connectivity index (χ4n) is 3.43. The molecule has 0 aromatic heterocycles. The number of carbonyl (C=O) groups excluding carboxylic acids is 1. The number of hydrogen-bond donors (Lipinski definition) is 1. The van der Waals surface area contributed by atoms with Crippen LogP contribution in [-0.2, 0) is 0 Å². The van der Waals surface area contributed by atoms with Crippen molar-refractivity contribution < 1.29 is 13.9 Å². The summed E-state index contributed by atoms with van der Waals surface area (Å²) in [6.45, 7) is 10.9. The summed E-state index contributed by atoms with van der Waals surface area (Å²) in [6, 6.07) is 11.9. The molecule has 6 nitrogen and oxygen atoms in total. The molecule has 1 N–H and O–H groups in total. The highest BCUT2D eigenvalue weighted by Gasteiger charge is 2.19. The number of anilines is 1. The first-order valence-corrected chi connectivity index (χ1v) is 10.4.